The Morgan fingerprint density at radius 2 is 1.33 bits per heavy atom. The highest BCUT2D eigenvalue weighted by Gasteiger charge is 2.29. The molecule has 4 unspecified atom stereocenters. The lowest BCUT2D eigenvalue weighted by Gasteiger charge is -2.15. The van der Waals surface area contributed by atoms with Gasteiger partial charge in [-0.15, -0.1) is 0 Å². The highest BCUT2D eigenvalue weighted by molar-refractivity contribution is 5.50. The molecule has 0 aliphatic heterocycles. The molecule has 0 amide bonds. The van der Waals surface area contributed by atoms with Gasteiger partial charge in [-0.2, -0.15) is 0 Å². The van der Waals surface area contributed by atoms with Gasteiger partial charge in [0.1, 0.15) is 12.2 Å². The Labute approximate surface area is 159 Å². The number of nitro groups is 2. The average Bonchev–Trinajstić information content (AvgIpc) is 2.61. The molecule has 0 rings (SSSR count). The molecule has 0 spiro atoms. The van der Waals surface area contributed by atoms with E-state index >= 15 is 0 Å². The minimum Gasteiger partial charge on any atom is -0.386 e. The summed E-state index contributed by atoms with van der Waals surface area (Å²) in [4.78, 5) is 31.3. The molecule has 0 heterocycles. The van der Waals surface area contributed by atoms with E-state index in [1.165, 1.54) is 12.2 Å². The number of hydrogen-bond donors (Lipinski definition) is 2. The first-order valence-electron chi connectivity index (χ1n) is 9.48. The van der Waals surface area contributed by atoms with Crippen molar-refractivity contribution in [2.24, 2.45) is 0 Å². The highest BCUT2D eigenvalue weighted by Crippen LogP contribution is 2.15. The summed E-state index contributed by atoms with van der Waals surface area (Å²) in [5.74, 6) is 0. The highest BCUT2D eigenvalue weighted by atomic mass is 16.6. The molecule has 9 heteroatoms. The van der Waals surface area contributed by atoms with Gasteiger partial charge in [0, 0.05) is 29.1 Å². The number of aliphatic hydroxyl groups is 2. The van der Waals surface area contributed by atoms with E-state index in [2.05, 4.69) is 0 Å². The topological polar surface area (TPSA) is 144 Å². The van der Waals surface area contributed by atoms with Gasteiger partial charge in [-0.3, -0.25) is 25.0 Å². The number of nitrogens with zero attached hydrogens (tertiary/aromatic N) is 2. The Morgan fingerprint density at radius 1 is 0.889 bits per heavy atom. The third-order valence-electron chi connectivity index (χ3n) is 4.48. The molecule has 0 saturated heterocycles. The van der Waals surface area contributed by atoms with E-state index < -0.39 is 34.1 Å². The summed E-state index contributed by atoms with van der Waals surface area (Å²) < 4.78 is 0. The van der Waals surface area contributed by atoms with Crippen LogP contribution in [0.2, 0.25) is 0 Å². The lowest BCUT2D eigenvalue weighted by Crippen LogP contribution is -2.34. The van der Waals surface area contributed by atoms with Gasteiger partial charge in [0.15, 0.2) is 6.29 Å². The molecule has 2 N–H and O–H groups in total. The van der Waals surface area contributed by atoms with E-state index in [-0.39, 0.29) is 25.7 Å². The minimum atomic E-state index is -1.20. The minimum absolute atomic E-state index is 0.0179. The van der Waals surface area contributed by atoms with Crippen LogP contribution in [0.1, 0.15) is 71.1 Å². The number of hydrogen-bond acceptors (Lipinski definition) is 7. The third kappa shape index (κ3) is 11.4. The third-order valence-corrected chi connectivity index (χ3v) is 4.48. The Kier molecular flexibility index (Phi) is 14.2. The number of carbonyl (C=O) groups excluding carboxylic acids is 1. The quantitative estimate of drug-likeness (QED) is 0.169. The zero-order valence-electron chi connectivity index (χ0n) is 15.9. The fraction of sp³-hybridized carbons (Fsp3) is 0.833. The predicted molar refractivity (Wildman–Crippen MR) is 100 cm³/mol. The van der Waals surface area contributed by atoms with E-state index in [1.54, 1.807) is 6.29 Å². The molecule has 4 atom stereocenters. The van der Waals surface area contributed by atoms with Crippen LogP contribution in [0.25, 0.3) is 0 Å². The predicted octanol–water partition coefficient (Wildman–Crippen LogP) is 2.59. The van der Waals surface area contributed by atoms with Crippen molar-refractivity contribution >= 4 is 6.29 Å². The molecular weight excluding hydrogens is 356 g/mol. The van der Waals surface area contributed by atoms with Crippen molar-refractivity contribution < 1.29 is 24.9 Å². The molecule has 27 heavy (non-hydrogen) atoms. The zero-order valence-corrected chi connectivity index (χ0v) is 15.9. The van der Waals surface area contributed by atoms with Crippen molar-refractivity contribution in [3.05, 3.63) is 32.4 Å². The van der Waals surface area contributed by atoms with Gasteiger partial charge in [-0.05, 0) is 19.3 Å². The molecule has 0 saturated carbocycles. The molecule has 1 radical (unpaired) electrons. The molecule has 0 fully saturated rings. The van der Waals surface area contributed by atoms with E-state index in [0.717, 1.165) is 12.8 Å². The monoisotopic (exact) mass is 387 g/mol. The first-order chi connectivity index (χ1) is 12.8. The summed E-state index contributed by atoms with van der Waals surface area (Å²) in [7, 11) is 0. The Morgan fingerprint density at radius 3 is 1.70 bits per heavy atom. The maximum Gasteiger partial charge on any atom is 0.241 e. The van der Waals surface area contributed by atoms with Crippen molar-refractivity contribution in [3.63, 3.8) is 0 Å². The van der Waals surface area contributed by atoms with Crippen molar-refractivity contribution in [1.82, 2.24) is 0 Å². The van der Waals surface area contributed by atoms with Crippen LogP contribution < -0.4 is 0 Å². The van der Waals surface area contributed by atoms with E-state index in [0.29, 0.717) is 25.7 Å². The fourth-order valence-corrected chi connectivity index (χ4v) is 2.78. The van der Waals surface area contributed by atoms with Gasteiger partial charge < -0.3 is 10.2 Å². The van der Waals surface area contributed by atoms with Crippen LogP contribution in [0.4, 0.5) is 0 Å². The van der Waals surface area contributed by atoms with Crippen LogP contribution in [0, 0.1) is 20.2 Å². The maximum atomic E-state index is 11.1. The normalized spacial score (nSPS) is 16.0. The van der Waals surface area contributed by atoms with Gasteiger partial charge in [-0.1, -0.05) is 44.8 Å². The van der Waals surface area contributed by atoms with Gasteiger partial charge in [-0.25, -0.2) is 0 Å². The van der Waals surface area contributed by atoms with Gasteiger partial charge in [0.25, 0.3) is 0 Å². The molecule has 0 aromatic rings. The second-order valence-corrected chi connectivity index (χ2v) is 6.67. The first kappa shape index (κ1) is 25.1. The number of aliphatic hydroxyl groups excluding tert-OH is 2. The number of unbranched alkanes of at least 4 members (excludes halogenated alkanes) is 4. The van der Waals surface area contributed by atoms with E-state index in [9.17, 15) is 35.2 Å². The summed E-state index contributed by atoms with van der Waals surface area (Å²) in [6.45, 7) is 2.00. The van der Waals surface area contributed by atoms with Crippen molar-refractivity contribution in [2.45, 2.75) is 95.4 Å². The van der Waals surface area contributed by atoms with E-state index in [1.807, 2.05) is 6.92 Å². The summed E-state index contributed by atoms with van der Waals surface area (Å²) in [6.07, 6.45) is 6.71. The van der Waals surface area contributed by atoms with Crippen LogP contribution >= 0.6 is 0 Å². The summed E-state index contributed by atoms with van der Waals surface area (Å²) >= 11 is 0. The Bertz CT molecular complexity index is 471. The van der Waals surface area contributed by atoms with Crippen LogP contribution in [0.5, 0.6) is 0 Å². The SMILES string of the molecule is CCCCCC(O)C(CC=CCC(C(O)CCCC[C]=O)[N+](=O)[O-])[N+](=O)[O-]. The molecule has 0 aliphatic rings. The summed E-state index contributed by atoms with van der Waals surface area (Å²) in [5.41, 5.74) is 0. The van der Waals surface area contributed by atoms with Crippen LogP contribution in [-0.2, 0) is 4.79 Å². The largest absolute Gasteiger partial charge is 0.386 e. The van der Waals surface area contributed by atoms with Crippen LogP contribution in [0.3, 0.4) is 0 Å². The smallest absolute Gasteiger partial charge is 0.241 e. The molecule has 0 bridgehead atoms. The maximum absolute atomic E-state index is 11.1. The Hall–Kier alpha value is -1.87. The van der Waals surface area contributed by atoms with Crippen molar-refractivity contribution in [3.8, 4) is 0 Å². The lowest BCUT2D eigenvalue weighted by molar-refractivity contribution is -0.534. The molecule has 0 aromatic carbocycles. The molecule has 155 valence electrons. The summed E-state index contributed by atoms with van der Waals surface area (Å²) in [6, 6.07) is -2.35. The first-order valence-corrected chi connectivity index (χ1v) is 9.48. The number of rotatable bonds is 17. The van der Waals surface area contributed by atoms with Crippen molar-refractivity contribution in [2.75, 3.05) is 0 Å². The fourth-order valence-electron chi connectivity index (χ4n) is 2.78. The zero-order chi connectivity index (χ0) is 20.7. The van der Waals surface area contributed by atoms with E-state index in [4.69, 9.17) is 0 Å². The lowest BCUT2D eigenvalue weighted by atomic mass is 9.99. The van der Waals surface area contributed by atoms with Crippen LogP contribution in [0.15, 0.2) is 12.2 Å². The second kappa shape index (κ2) is 15.2. The van der Waals surface area contributed by atoms with Gasteiger partial charge >= 0.3 is 0 Å². The molecule has 0 aromatic heterocycles. The second-order valence-electron chi connectivity index (χ2n) is 6.67. The Balaban J connectivity index is 4.53. The molecule has 9 nitrogen and oxygen atoms in total. The van der Waals surface area contributed by atoms with Crippen LogP contribution in [-0.4, -0.2) is 50.6 Å². The average molecular weight is 387 g/mol. The molecular formula is C18H31N2O7. The van der Waals surface area contributed by atoms with Crippen molar-refractivity contribution in [1.29, 1.82) is 0 Å². The van der Waals surface area contributed by atoms with Gasteiger partial charge in [0.2, 0.25) is 12.1 Å². The van der Waals surface area contributed by atoms with Gasteiger partial charge in [0.05, 0.1) is 0 Å². The summed E-state index contributed by atoms with van der Waals surface area (Å²) in [5, 5.41) is 42.2. The standard InChI is InChI=1S/C18H31N2O7/c1-2-3-5-12-17(22)15(19(24)25)10-7-8-11-16(20(26)27)18(23)13-6-4-9-14-21/h7-8,15-18,22-23H,2-6,9-13H2,1H3. The molecule has 0 aliphatic carbocycles.